The van der Waals surface area contributed by atoms with E-state index < -0.39 is 0 Å². The smallest absolute Gasteiger partial charge is 0.262 e. The second-order valence-electron chi connectivity index (χ2n) is 7.85. The van der Waals surface area contributed by atoms with E-state index in [-0.39, 0.29) is 16.2 Å². The van der Waals surface area contributed by atoms with Crippen molar-refractivity contribution in [2.24, 2.45) is 0 Å². The molecule has 1 aromatic carbocycles. The minimum atomic E-state index is -0.200. The van der Waals surface area contributed by atoms with Gasteiger partial charge in [0.1, 0.15) is 5.76 Å². The molecule has 0 N–H and O–H groups in total. The Balaban J connectivity index is 1.73. The van der Waals surface area contributed by atoms with Gasteiger partial charge in [-0.15, -0.1) is 0 Å². The minimum Gasteiger partial charge on any atom is -0.467 e. The quantitative estimate of drug-likeness (QED) is 0.352. The first-order valence-corrected chi connectivity index (χ1v) is 10.2. The first-order valence-electron chi connectivity index (χ1n) is 9.35. The maximum Gasteiger partial charge on any atom is 0.262 e. The Morgan fingerprint density at radius 2 is 1.93 bits per heavy atom. The van der Waals surface area contributed by atoms with Gasteiger partial charge in [-0.2, -0.15) is 4.98 Å². The fourth-order valence-corrected chi connectivity index (χ4v) is 3.79. The molecule has 3 heterocycles. The molecule has 7 nitrogen and oxygen atoms in total. The molecule has 4 rings (SSSR count). The summed E-state index contributed by atoms with van der Waals surface area (Å²) in [5.41, 5.74) is 0.348. The van der Waals surface area contributed by atoms with Crippen molar-refractivity contribution >= 4 is 22.7 Å². The highest BCUT2D eigenvalue weighted by molar-refractivity contribution is 7.99. The van der Waals surface area contributed by atoms with E-state index in [4.69, 9.17) is 13.9 Å². The second-order valence-corrected chi connectivity index (χ2v) is 9.16. The topological polar surface area (TPSA) is 87.0 Å². The molecule has 4 aromatic rings. The van der Waals surface area contributed by atoms with Gasteiger partial charge in [0.25, 0.3) is 5.56 Å². The molecule has 0 fully saturated rings. The van der Waals surface area contributed by atoms with Crippen LogP contribution in [0.3, 0.4) is 0 Å². The van der Waals surface area contributed by atoms with Crippen molar-refractivity contribution in [3.05, 3.63) is 70.5 Å². The number of nitrogens with zero attached hydrogens (tertiary/aromatic N) is 4. The van der Waals surface area contributed by atoms with Crippen LogP contribution in [-0.4, -0.2) is 19.7 Å². The second kappa shape index (κ2) is 7.51. The number of hydrogen-bond donors (Lipinski definition) is 0. The van der Waals surface area contributed by atoms with E-state index >= 15 is 0 Å². The van der Waals surface area contributed by atoms with Gasteiger partial charge >= 0.3 is 0 Å². The Hall–Kier alpha value is -2.87. The fraction of sp³-hybridized carbons (Fsp3) is 0.333. The van der Waals surface area contributed by atoms with E-state index in [0.29, 0.717) is 40.1 Å². The lowest BCUT2D eigenvalue weighted by Gasteiger charge is -2.14. The number of hydrogen-bond acceptors (Lipinski definition) is 7. The van der Waals surface area contributed by atoms with Crippen molar-refractivity contribution in [3.8, 4) is 0 Å². The first-order chi connectivity index (χ1) is 13.8. The third kappa shape index (κ3) is 3.98. The zero-order valence-corrected chi connectivity index (χ0v) is 17.6. The molecule has 1 atom stereocenters. The van der Waals surface area contributed by atoms with Crippen molar-refractivity contribution < 1.29 is 8.94 Å². The predicted molar refractivity (Wildman–Crippen MR) is 111 cm³/mol. The third-order valence-corrected chi connectivity index (χ3v) is 5.54. The molecule has 0 saturated heterocycles. The molecule has 0 aliphatic rings. The van der Waals surface area contributed by atoms with Crippen molar-refractivity contribution in [1.29, 1.82) is 0 Å². The van der Waals surface area contributed by atoms with Crippen molar-refractivity contribution in [3.63, 3.8) is 0 Å². The summed E-state index contributed by atoms with van der Waals surface area (Å²) >= 11 is 1.41. The minimum absolute atomic E-state index is 0.109. The predicted octanol–water partition coefficient (Wildman–Crippen LogP) is 4.57. The molecule has 150 valence electrons. The van der Waals surface area contributed by atoms with Crippen LogP contribution in [0.4, 0.5) is 0 Å². The number of rotatable bonds is 5. The molecule has 0 aliphatic heterocycles. The largest absolute Gasteiger partial charge is 0.467 e. The van der Waals surface area contributed by atoms with E-state index in [1.54, 1.807) is 23.0 Å². The molecule has 29 heavy (non-hydrogen) atoms. The van der Waals surface area contributed by atoms with Crippen LogP contribution in [0.5, 0.6) is 0 Å². The van der Waals surface area contributed by atoms with Crippen LogP contribution >= 0.6 is 11.8 Å². The number of para-hydroxylation sites is 1. The van der Waals surface area contributed by atoms with Crippen molar-refractivity contribution in [2.75, 3.05) is 0 Å². The molecule has 0 spiro atoms. The van der Waals surface area contributed by atoms with Gasteiger partial charge in [0.2, 0.25) is 5.89 Å². The molecule has 0 amide bonds. The van der Waals surface area contributed by atoms with Crippen molar-refractivity contribution in [2.45, 2.75) is 50.1 Å². The van der Waals surface area contributed by atoms with Crippen LogP contribution in [0, 0.1) is 0 Å². The van der Waals surface area contributed by atoms with Gasteiger partial charge in [-0.3, -0.25) is 9.36 Å². The number of fused-ring (bicyclic) bond motifs is 1. The van der Waals surface area contributed by atoms with Crippen LogP contribution in [0.2, 0.25) is 0 Å². The zero-order chi connectivity index (χ0) is 20.6. The first kappa shape index (κ1) is 19.4. The normalized spacial score (nSPS) is 13.1. The molecular weight excluding hydrogens is 388 g/mol. The highest BCUT2D eigenvalue weighted by Gasteiger charge is 2.25. The molecule has 0 saturated carbocycles. The number of thioether (sulfide) groups is 1. The van der Waals surface area contributed by atoms with Crippen LogP contribution in [0.1, 0.15) is 50.4 Å². The number of aromatic nitrogens is 4. The molecule has 1 unspecified atom stereocenters. The van der Waals surface area contributed by atoms with Gasteiger partial charge in [-0.1, -0.05) is 49.8 Å². The number of benzene rings is 1. The maximum atomic E-state index is 13.1. The standard InChI is InChI=1S/C21H22N4O3S/c1-13(17-23-19(24-28-17)21(2,3)4)29-20-22-16-10-6-5-9-15(16)18(26)25(20)12-14-8-7-11-27-14/h5-11,13H,12H2,1-4H3. The SMILES string of the molecule is CC(Sc1nc2ccccc2c(=O)n1Cc1ccco1)c1nc(C(C)(C)C)no1. The summed E-state index contributed by atoms with van der Waals surface area (Å²) in [6.45, 7) is 8.36. The van der Waals surface area contributed by atoms with Crippen LogP contribution < -0.4 is 5.56 Å². The Bertz CT molecular complexity index is 1190. The Labute approximate surface area is 172 Å². The summed E-state index contributed by atoms with van der Waals surface area (Å²) in [4.78, 5) is 22.4. The van der Waals surface area contributed by atoms with E-state index in [9.17, 15) is 4.79 Å². The van der Waals surface area contributed by atoms with Crippen LogP contribution in [0.25, 0.3) is 10.9 Å². The molecule has 0 radical (unpaired) electrons. The maximum absolute atomic E-state index is 13.1. The van der Waals surface area contributed by atoms with Gasteiger partial charge in [0, 0.05) is 5.41 Å². The number of furan rings is 1. The van der Waals surface area contributed by atoms with Gasteiger partial charge < -0.3 is 8.94 Å². The van der Waals surface area contributed by atoms with E-state index in [1.165, 1.54) is 11.8 Å². The van der Waals surface area contributed by atoms with Gasteiger partial charge in [-0.25, -0.2) is 4.98 Å². The highest BCUT2D eigenvalue weighted by atomic mass is 32.2. The summed E-state index contributed by atoms with van der Waals surface area (Å²) in [5.74, 6) is 1.85. The molecule has 0 aliphatic carbocycles. The lowest BCUT2D eigenvalue weighted by Crippen LogP contribution is -2.24. The summed E-state index contributed by atoms with van der Waals surface area (Å²) in [5, 5.41) is 5.08. The average molecular weight is 410 g/mol. The van der Waals surface area contributed by atoms with Gasteiger partial charge in [-0.05, 0) is 31.2 Å². The Morgan fingerprint density at radius 1 is 1.14 bits per heavy atom. The third-order valence-electron chi connectivity index (χ3n) is 4.46. The average Bonchev–Trinajstić information content (AvgIpc) is 3.36. The molecular formula is C21H22N4O3S. The van der Waals surface area contributed by atoms with Crippen LogP contribution in [-0.2, 0) is 12.0 Å². The lowest BCUT2D eigenvalue weighted by molar-refractivity contribution is 0.364. The van der Waals surface area contributed by atoms with E-state index in [2.05, 4.69) is 10.1 Å². The summed E-state index contributed by atoms with van der Waals surface area (Å²) < 4.78 is 12.6. The summed E-state index contributed by atoms with van der Waals surface area (Å²) in [6.07, 6.45) is 1.59. The van der Waals surface area contributed by atoms with Gasteiger partial charge in [0.05, 0.1) is 29.0 Å². The lowest BCUT2D eigenvalue weighted by atomic mass is 9.96. The van der Waals surface area contributed by atoms with Gasteiger partial charge in [0.15, 0.2) is 11.0 Å². The molecule has 3 aromatic heterocycles. The van der Waals surface area contributed by atoms with Crippen molar-refractivity contribution in [1.82, 2.24) is 19.7 Å². The van der Waals surface area contributed by atoms with E-state index in [0.717, 1.165) is 0 Å². The Kier molecular flexibility index (Phi) is 5.04. The van der Waals surface area contributed by atoms with E-state index in [1.807, 2.05) is 52.0 Å². The monoisotopic (exact) mass is 410 g/mol. The molecule has 8 heteroatoms. The zero-order valence-electron chi connectivity index (χ0n) is 16.7. The molecule has 0 bridgehead atoms. The summed E-state index contributed by atoms with van der Waals surface area (Å²) in [6, 6.07) is 11.0. The van der Waals surface area contributed by atoms with Crippen LogP contribution in [0.15, 0.2) is 61.6 Å². The highest BCUT2D eigenvalue weighted by Crippen LogP contribution is 2.34. The fourth-order valence-electron chi connectivity index (χ4n) is 2.85. The summed E-state index contributed by atoms with van der Waals surface area (Å²) in [7, 11) is 0. The Morgan fingerprint density at radius 3 is 2.62 bits per heavy atom.